The molecule has 1 atom stereocenters. The molecule has 0 bridgehead atoms. The Morgan fingerprint density at radius 1 is 1.28 bits per heavy atom. The molecule has 0 saturated heterocycles. The maximum atomic E-state index is 12.9. The number of aliphatic hydroxyl groups is 1. The molecule has 1 amide bonds. The summed E-state index contributed by atoms with van der Waals surface area (Å²) in [6, 6.07) is 15.7. The Morgan fingerprint density at radius 2 is 2.00 bits per heavy atom. The van der Waals surface area contributed by atoms with Crippen molar-refractivity contribution in [3.63, 3.8) is 0 Å². The van der Waals surface area contributed by atoms with Crippen molar-refractivity contribution in [2.24, 2.45) is 0 Å². The summed E-state index contributed by atoms with van der Waals surface area (Å²) >= 11 is 1.19. The van der Waals surface area contributed by atoms with Crippen molar-refractivity contribution in [1.29, 1.82) is 5.26 Å². The molecule has 0 unspecified atom stereocenters. The van der Waals surface area contributed by atoms with Gasteiger partial charge in [0.25, 0.3) is 5.56 Å². The standard InChI is InChI=1S/C21H20N4O3S/c1-14(19(27)23-16-9-7-15(13-22)8-10-16)29-21-24-18-6-3-2-5-17(18)20(28)25(21)11-4-12-26/h2-3,5-10,14,26H,4,11-12H2,1H3,(H,23,27)/t14-/m1/s1. The smallest absolute Gasteiger partial charge is 0.262 e. The molecule has 0 aliphatic carbocycles. The largest absolute Gasteiger partial charge is 0.396 e. The van der Waals surface area contributed by atoms with Crippen LogP contribution in [0.5, 0.6) is 0 Å². The number of amides is 1. The van der Waals surface area contributed by atoms with E-state index in [1.54, 1.807) is 49.4 Å². The number of hydrogen-bond acceptors (Lipinski definition) is 6. The fraction of sp³-hybridized carbons (Fsp3) is 0.238. The lowest BCUT2D eigenvalue weighted by Gasteiger charge is -2.16. The molecule has 0 saturated carbocycles. The van der Waals surface area contributed by atoms with Crippen molar-refractivity contribution in [3.05, 3.63) is 64.4 Å². The van der Waals surface area contributed by atoms with Gasteiger partial charge in [-0.15, -0.1) is 0 Å². The molecule has 0 aliphatic rings. The topological polar surface area (TPSA) is 108 Å². The van der Waals surface area contributed by atoms with Crippen LogP contribution in [0, 0.1) is 11.3 Å². The summed E-state index contributed by atoms with van der Waals surface area (Å²) in [7, 11) is 0. The zero-order valence-electron chi connectivity index (χ0n) is 15.8. The summed E-state index contributed by atoms with van der Waals surface area (Å²) < 4.78 is 1.51. The average molecular weight is 408 g/mol. The zero-order chi connectivity index (χ0) is 20.8. The van der Waals surface area contributed by atoms with E-state index in [1.165, 1.54) is 16.3 Å². The van der Waals surface area contributed by atoms with Crippen molar-refractivity contribution in [2.45, 2.75) is 30.3 Å². The number of hydrogen-bond donors (Lipinski definition) is 2. The van der Waals surface area contributed by atoms with Crippen LogP contribution >= 0.6 is 11.8 Å². The summed E-state index contributed by atoms with van der Waals surface area (Å²) in [6.07, 6.45) is 0.416. The molecule has 3 rings (SSSR count). The van der Waals surface area contributed by atoms with E-state index < -0.39 is 5.25 Å². The molecule has 29 heavy (non-hydrogen) atoms. The highest BCUT2D eigenvalue weighted by atomic mass is 32.2. The molecule has 148 valence electrons. The number of aliphatic hydroxyl groups excluding tert-OH is 1. The summed E-state index contributed by atoms with van der Waals surface area (Å²) in [4.78, 5) is 30.0. The third-order valence-corrected chi connectivity index (χ3v) is 5.39. The van der Waals surface area contributed by atoms with Gasteiger partial charge in [0.2, 0.25) is 5.91 Å². The Bertz CT molecular complexity index is 1120. The number of rotatable bonds is 7. The third-order valence-electron chi connectivity index (χ3n) is 4.30. The molecule has 0 aliphatic heterocycles. The fourth-order valence-corrected chi connectivity index (χ4v) is 3.68. The van der Waals surface area contributed by atoms with E-state index in [9.17, 15) is 9.59 Å². The van der Waals surface area contributed by atoms with Gasteiger partial charge in [0, 0.05) is 18.8 Å². The molecule has 3 aromatic rings. The lowest BCUT2D eigenvalue weighted by molar-refractivity contribution is -0.115. The second kappa shape index (κ2) is 9.37. The van der Waals surface area contributed by atoms with E-state index in [1.807, 2.05) is 12.1 Å². The van der Waals surface area contributed by atoms with Gasteiger partial charge in [-0.2, -0.15) is 5.26 Å². The Kier molecular flexibility index (Phi) is 6.65. The molecule has 0 fully saturated rings. The number of fused-ring (bicyclic) bond motifs is 1. The first-order valence-electron chi connectivity index (χ1n) is 9.11. The number of aromatic nitrogens is 2. The minimum absolute atomic E-state index is 0.0435. The van der Waals surface area contributed by atoms with Crippen LogP contribution in [0.15, 0.2) is 58.5 Å². The Labute approximate surface area is 172 Å². The number of carbonyl (C=O) groups excluding carboxylic acids is 1. The van der Waals surface area contributed by atoms with E-state index in [4.69, 9.17) is 10.4 Å². The molecule has 2 N–H and O–H groups in total. The van der Waals surface area contributed by atoms with Crippen molar-refractivity contribution in [3.8, 4) is 6.07 Å². The van der Waals surface area contributed by atoms with E-state index >= 15 is 0 Å². The number of nitriles is 1. The summed E-state index contributed by atoms with van der Waals surface area (Å²) in [5.41, 5.74) is 1.48. The Hall–Kier alpha value is -3.15. The van der Waals surface area contributed by atoms with Crippen LogP contribution < -0.4 is 10.9 Å². The van der Waals surface area contributed by atoms with Gasteiger partial charge in [-0.3, -0.25) is 14.2 Å². The first kappa shape index (κ1) is 20.6. The quantitative estimate of drug-likeness (QED) is 0.460. The molecule has 0 spiro atoms. The Morgan fingerprint density at radius 3 is 2.69 bits per heavy atom. The maximum Gasteiger partial charge on any atom is 0.262 e. The van der Waals surface area contributed by atoms with Crippen LogP contribution in [0.3, 0.4) is 0 Å². The van der Waals surface area contributed by atoms with Crippen molar-refractivity contribution < 1.29 is 9.90 Å². The van der Waals surface area contributed by atoms with Gasteiger partial charge in [-0.25, -0.2) is 4.98 Å². The highest BCUT2D eigenvalue weighted by Gasteiger charge is 2.19. The first-order valence-corrected chi connectivity index (χ1v) is 9.99. The fourth-order valence-electron chi connectivity index (χ4n) is 2.75. The third kappa shape index (κ3) is 4.83. The van der Waals surface area contributed by atoms with Gasteiger partial charge in [0.1, 0.15) is 0 Å². The highest BCUT2D eigenvalue weighted by molar-refractivity contribution is 8.00. The number of thioether (sulfide) groups is 1. The van der Waals surface area contributed by atoms with Gasteiger partial charge in [0.05, 0.1) is 27.8 Å². The second-order valence-electron chi connectivity index (χ2n) is 6.38. The van der Waals surface area contributed by atoms with Crippen molar-refractivity contribution >= 4 is 34.3 Å². The lowest BCUT2D eigenvalue weighted by Crippen LogP contribution is -2.27. The number of anilines is 1. The number of nitrogens with zero attached hydrogens (tertiary/aromatic N) is 3. The maximum absolute atomic E-state index is 12.9. The van der Waals surface area contributed by atoms with E-state index in [2.05, 4.69) is 10.3 Å². The van der Waals surface area contributed by atoms with Gasteiger partial charge < -0.3 is 10.4 Å². The van der Waals surface area contributed by atoms with Crippen LogP contribution in [-0.4, -0.2) is 32.4 Å². The molecule has 8 heteroatoms. The molecule has 1 aromatic heterocycles. The van der Waals surface area contributed by atoms with Crippen LogP contribution in [0.2, 0.25) is 0 Å². The highest BCUT2D eigenvalue weighted by Crippen LogP contribution is 2.24. The van der Waals surface area contributed by atoms with Crippen LogP contribution in [-0.2, 0) is 11.3 Å². The summed E-state index contributed by atoms with van der Waals surface area (Å²) in [5, 5.41) is 21.3. The van der Waals surface area contributed by atoms with Gasteiger partial charge in [-0.1, -0.05) is 23.9 Å². The van der Waals surface area contributed by atoms with E-state index in [0.29, 0.717) is 40.3 Å². The van der Waals surface area contributed by atoms with Gasteiger partial charge in [0.15, 0.2) is 5.16 Å². The van der Waals surface area contributed by atoms with Crippen LogP contribution in [0.4, 0.5) is 5.69 Å². The van der Waals surface area contributed by atoms with Crippen LogP contribution in [0.25, 0.3) is 10.9 Å². The second-order valence-corrected chi connectivity index (χ2v) is 7.69. The summed E-state index contributed by atoms with van der Waals surface area (Å²) in [5.74, 6) is -0.240. The monoisotopic (exact) mass is 408 g/mol. The zero-order valence-corrected chi connectivity index (χ0v) is 16.6. The lowest BCUT2D eigenvalue weighted by atomic mass is 10.2. The molecule has 2 aromatic carbocycles. The predicted molar refractivity (Wildman–Crippen MR) is 113 cm³/mol. The van der Waals surface area contributed by atoms with Crippen molar-refractivity contribution in [1.82, 2.24) is 9.55 Å². The molecule has 1 heterocycles. The minimum atomic E-state index is -0.515. The SMILES string of the molecule is C[C@@H](Sc1nc2ccccc2c(=O)n1CCCO)C(=O)Nc1ccc(C#N)cc1. The number of para-hydroxylation sites is 1. The van der Waals surface area contributed by atoms with Gasteiger partial charge >= 0.3 is 0 Å². The molecular formula is C21H20N4O3S. The first-order chi connectivity index (χ1) is 14.0. The molecule has 0 radical (unpaired) electrons. The van der Waals surface area contributed by atoms with Crippen LogP contribution in [0.1, 0.15) is 18.9 Å². The summed E-state index contributed by atoms with van der Waals surface area (Å²) in [6.45, 7) is 2.01. The van der Waals surface area contributed by atoms with Gasteiger partial charge in [-0.05, 0) is 49.7 Å². The number of nitrogens with one attached hydrogen (secondary N) is 1. The average Bonchev–Trinajstić information content (AvgIpc) is 2.74. The van der Waals surface area contributed by atoms with E-state index in [0.717, 1.165) is 0 Å². The van der Waals surface area contributed by atoms with Crippen molar-refractivity contribution in [2.75, 3.05) is 11.9 Å². The molecule has 7 nitrogen and oxygen atoms in total. The predicted octanol–water partition coefficient (Wildman–Crippen LogP) is 2.77. The molecular weight excluding hydrogens is 388 g/mol. The Balaban J connectivity index is 1.84. The number of benzene rings is 2. The normalized spacial score (nSPS) is 11.8. The minimum Gasteiger partial charge on any atom is -0.396 e. The van der Waals surface area contributed by atoms with E-state index in [-0.39, 0.29) is 18.1 Å². The number of carbonyl (C=O) groups is 1.